The van der Waals surface area contributed by atoms with Gasteiger partial charge in [-0.2, -0.15) is 10.1 Å². The van der Waals surface area contributed by atoms with E-state index in [1.165, 1.54) is 11.3 Å². The Labute approximate surface area is 170 Å². The first-order chi connectivity index (χ1) is 13.6. The van der Waals surface area contributed by atoms with Crippen molar-refractivity contribution in [2.45, 2.75) is 13.8 Å². The van der Waals surface area contributed by atoms with Gasteiger partial charge < -0.3 is 15.1 Å². The van der Waals surface area contributed by atoms with Crippen LogP contribution in [0.5, 0.6) is 0 Å². The minimum absolute atomic E-state index is 0.471. The molecular weight excluding hydrogens is 372 g/mol. The first kappa shape index (κ1) is 18.5. The molecular formula is C21H23ClN6. The van der Waals surface area contributed by atoms with E-state index in [2.05, 4.69) is 61.5 Å². The van der Waals surface area contributed by atoms with Crippen LogP contribution in [0, 0.1) is 13.8 Å². The average Bonchev–Trinajstić information content (AvgIpc) is 2.71. The lowest BCUT2D eigenvalue weighted by Crippen LogP contribution is -2.47. The summed E-state index contributed by atoms with van der Waals surface area (Å²) in [5.41, 5.74) is 4.44. The molecule has 0 atom stereocenters. The number of hydrogen-bond donors (Lipinski definition) is 1. The highest BCUT2D eigenvalue weighted by Crippen LogP contribution is 2.23. The molecule has 0 radical (unpaired) electrons. The molecule has 0 spiro atoms. The van der Waals surface area contributed by atoms with Crippen LogP contribution in [-0.4, -0.2) is 41.4 Å². The summed E-state index contributed by atoms with van der Waals surface area (Å²) >= 11 is 6.20. The van der Waals surface area contributed by atoms with Crippen molar-refractivity contribution >= 4 is 34.7 Å². The molecule has 7 heteroatoms. The monoisotopic (exact) mass is 394 g/mol. The van der Waals surface area contributed by atoms with Gasteiger partial charge in [0.1, 0.15) is 0 Å². The Hall–Kier alpha value is -2.86. The highest BCUT2D eigenvalue weighted by molar-refractivity contribution is 6.31. The second-order valence-electron chi connectivity index (χ2n) is 7.04. The van der Waals surface area contributed by atoms with Gasteiger partial charge in [-0.25, -0.2) is 0 Å². The normalized spacial score (nSPS) is 14.2. The molecule has 1 N–H and O–H groups in total. The van der Waals surface area contributed by atoms with Crippen molar-refractivity contribution in [2.24, 2.45) is 0 Å². The summed E-state index contributed by atoms with van der Waals surface area (Å²) in [6, 6.07) is 14.4. The van der Waals surface area contributed by atoms with Crippen molar-refractivity contribution in [2.75, 3.05) is 41.3 Å². The number of aryl methyl sites for hydroxylation is 2. The zero-order chi connectivity index (χ0) is 19.5. The third-order valence-corrected chi connectivity index (χ3v) is 5.35. The van der Waals surface area contributed by atoms with Crippen LogP contribution in [0.2, 0.25) is 5.02 Å². The van der Waals surface area contributed by atoms with Gasteiger partial charge >= 0.3 is 0 Å². The molecule has 144 valence electrons. The van der Waals surface area contributed by atoms with Crippen molar-refractivity contribution in [3.63, 3.8) is 0 Å². The summed E-state index contributed by atoms with van der Waals surface area (Å²) in [5, 5.41) is 12.1. The van der Waals surface area contributed by atoms with Gasteiger partial charge in [0.05, 0.1) is 6.20 Å². The van der Waals surface area contributed by atoms with Crippen LogP contribution in [0.15, 0.2) is 48.7 Å². The number of piperazine rings is 1. The SMILES string of the molecule is Cc1cccc(N2CCN(c3cnnc(Nc4ccc(C)c(Cl)c4)n3)CC2)c1. The predicted molar refractivity (Wildman–Crippen MR) is 115 cm³/mol. The molecule has 4 rings (SSSR count). The van der Waals surface area contributed by atoms with Crippen LogP contribution in [0.1, 0.15) is 11.1 Å². The summed E-state index contributed by atoms with van der Waals surface area (Å²) in [6.07, 6.45) is 1.72. The third-order valence-electron chi connectivity index (χ3n) is 4.94. The Morgan fingerprint density at radius 3 is 2.50 bits per heavy atom. The van der Waals surface area contributed by atoms with Gasteiger partial charge in [-0.15, -0.1) is 5.10 Å². The van der Waals surface area contributed by atoms with E-state index >= 15 is 0 Å². The van der Waals surface area contributed by atoms with Gasteiger partial charge in [-0.3, -0.25) is 0 Å². The number of anilines is 4. The fourth-order valence-electron chi connectivity index (χ4n) is 3.32. The molecule has 1 aliphatic heterocycles. The van der Waals surface area contributed by atoms with Crippen LogP contribution in [0.25, 0.3) is 0 Å². The highest BCUT2D eigenvalue weighted by Gasteiger charge is 2.19. The van der Waals surface area contributed by atoms with Crippen LogP contribution >= 0.6 is 11.6 Å². The number of rotatable bonds is 4. The first-order valence-electron chi connectivity index (χ1n) is 9.38. The second kappa shape index (κ2) is 8.02. The standard InChI is InChI=1S/C21H23ClN6/c1-15-4-3-5-18(12-15)27-8-10-28(11-9-27)20-14-23-26-21(25-20)24-17-7-6-16(2)19(22)13-17/h3-7,12-14H,8-11H2,1-2H3,(H,24,25,26). The molecule has 1 aliphatic rings. The number of hydrogen-bond acceptors (Lipinski definition) is 6. The third kappa shape index (κ3) is 4.17. The molecule has 6 nitrogen and oxygen atoms in total. The van der Waals surface area contributed by atoms with Gasteiger partial charge in [0.15, 0.2) is 5.82 Å². The Balaban J connectivity index is 1.43. The largest absolute Gasteiger partial charge is 0.368 e. The van der Waals surface area contributed by atoms with Crippen LogP contribution in [0.3, 0.4) is 0 Å². The number of benzene rings is 2. The van der Waals surface area contributed by atoms with E-state index in [0.717, 1.165) is 43.2 Å². The molecule has 28 heavy (non-hydrogen) atoms. The van der Waals surface area contributed by atoms with E-state index in [1.54, 1.807) is 6.20 Å². The Kier molecular flexibility index (Phi) is 5.30. The highest BCUT2D eigenvalue weighted by atomic mass is 35.5. The molecule has 0 aliphatic carbocycles. The maximum atomic E-state index is 6.20. The average molecular weight is 395 g/mol. The molecule has 3 aromatic rings. The van der Waals surface area contributed by atoms with Crippen LogP contribution in [-0.2, 0) is 0 Å². The summed E-state index contributed by atoms with van der Waals surface area (Å²) < 4.78 is 0. The maximum absolute atomic E-state index is 6.20. The van der Waals surface area contributed by atoms with E-state index in [4.69, 9.17) is 11.6 Å². The molecule has 0 saturated carbocycles. The van der Waals surface area contributed by atoms with E-state index < -0.39 is 0 Å². The van der Waals surface area contributed by atoms with Crippen molar-refractivity contribution in [3.05, 3.63) is 64.8 Å². The Bertz CT molecular complexity index is 969. The van der Waals surface area contributed by atoms with E-state index in [-0.39, 0.29) is 0 Å². The van der Waals surface area contributed by atoms with Crippen molar-refractivity contribution in [3.8, 4) is 0 Å². The van der Waals surface area contributed by atoms with Gasteiger partial charge in [0.2, 0.25) is 5.95 Å². The number of nitrogens with zero attached hydrogens (tertiary/aromatic N) is 5. The fourth-order valence-corrected chi connectivity index (χ4v) is 3.50. The van der Waals surface area contributed by atoms with Gasteiger partial charge in [0, 0.05) is 42.6 Å². The molecule has 1 saturated heterocycles. The first-order valence-corrected chi connectivity index (χ1v) is 9.76. The quantitative estimate of drug-likeness (QED) is 0.715. The zero-order valence-electron chi connectivity index (χ0n) is 16.1. The van der Waals surface area contributed by atoms with E-state index in [1.807, 2.05) is 25.1 Å². The molecule has 0 amide bonds. The topological polar surface area (TPSA) is 57.2 Å². The Morgan fingerprint density at radius 2 is 1.75 bits per heavy atom. The van der Waals surface area contributed by atoms with Gasteiger partial charge in [0.25, 0.3) is 0 Å². The minimum Gasteiger partial charge on any atom is -0.368 e. The van der Waals surface area contributed by atoms with E-state index in [9.17, 15) is 0 Å². The second-order valence-corrected chi connectivity index (χ2v) is 7.45. The van der Waals surface area contributed by atoms with E-state index in [0.29, 0.717) is 11.0 Å². The van der Waals surface area contributed by atoms with Gasteiger partial charge in [-0.05, 0) is 49.2 Å². The number of aromatic nitrogens is 3. The summed E-state index contributed by atoms with van der Waals surface area (Å²) in [5.74, 6) is 1.30. The lowest BCUT2D eigenvalue weighted by Gasteiger charge is -2.36. The van der Waals surface area contributed by atoms with Crippen LogP contribution in [0.4, 0.5) is 23.1 Å². The molecule has 1 fully saturated rings. The lowest BCUT2D eigenvalue weighted by molar-refractivity contribution is 0.644. The maximum Gasteiger partial charge on any atom is 0.249 e. The molecule has 0 unspecified atom stereocenters. The van der Waals surface area contributed by atoms with Crippen molar-refractivity contribution in [1.82, 2.24) is 15.2 Å². The summed E-state index contributed by atoms with van der Waals surface area (Å²) in [4.78, 5) is 9.29. The summed E-state index contributed by atoms with van der Waals surface area (Å²) in [6.45, 7) is 7.78. The summed E-state index contributed by atoms with van der Waals surface area (Å²) in [7, 11) is 0. The lowest BCUT2D eigenvalue weighted by atomic mass is 10.2. The molecule has 1 aromatic heterocycles. The van der Waals surface area contributed by atoms with Crippen molar-refractivity contribution < 1.29 is 0 Å². The number of nitrogens with one attached hydrogen (secondary N) is 1. The molecule has 2 aromatic carbocycles. The molecule has 2 heterocycles. The molecule has 0 bridgehead atoms. The Morgan fingerprint density at radius 1 is 0.964 bits per heavy atom. The zero-order valence-corrected chi connectivity index (χ0v) is 16.8. The van der Waals surface area contributed by atoms with Crippen molar-refractivity contribution in [1.29, 1.82) is 0 Å². The minimum atomic E-state index is 0.471. The van der Waals surface area contributed by atoms with Crippen LogP contribution < -0.4 is 15.1 Å². The smallest absolute Gasteiger partial charge is 0.249 e. The predicted octanol–water partition coefficient (Wildman–Crippen LogP) is 4.21. The fraction of sp³-hybridized carbons (Fsp3) is 0.286. The van der Waals surface area contributed by atoms with Gasteiger partial charge in [-0.1, -0.05) is 29.8 Å². The number of halogens is 1.